The van der Waals surface area contributed by atoms with E-state index in [0.717, 1.165) is 12.8 Å². The van der Waals surface area contributed by atoms with Gasteiger partial charge in [0.25, 0.3) is 0 Å². The molecule has 24 heavy (non-hydrogen) atoms. The maximum absolute atomic E-state index is 9.87. The monoisotopic (exact) mass is 340 g/mol. The summed E-state index contributed by atoms with van der Waals surface area (Å²) in [6, 6.07) is 0. The Morgan fingerprint density at radius 2 is 1.38 bits per heavy atom. The van der Waals surface area contributed by atoms with Gasteiger partial charge in [-0.05, 0) is 66.6 Å². The number of rotatable bonds is 2. The van der Waals surface area contributed by atoms with E-state index in [0.29, 0.717) is 34.5 Å². The van der Waals surface area contributed by atoms with E-state index >= 15 is 0 Å². The van der Waals surface area contributed by atoms with Crippen LogP contribution in [0.3, 0.4) is 0 Å². The van der Waals surface area contributed by atoms with Gasteiger partial charge in [-0.2, -0.15) is 0 Å². The molecule has 0 aromatic heterocycles. The Hall–Kier alpha value is -0.0800. The molecule has 0 saturated heterocycles. The number of hydrogen-bond acceptors (Lipinski definition) is 2. The van der Waals surface area contributed by atoms with Gasteiger partial charge in [-0.1, -0.05) is 61.8 Å². The molecule has 0 aromatic rings. The van der Waals surface area contributed by atoms with Crippen LogP contribution in [-0.2, 0) is 0 Å². The van der Waals surface area contributed by atoms with Crippen LogP contribution in [0.5, 0.6) is 0 Å². The minimum absolute atomic E-state index is 0.0435. The van der Waals surface area contributed by atoms with Crippen molar-refractivity contribution in [3.8, 4) is 0 Å². The van der Waals surface area contributed by atoms with Crippen molar-refractivity contribution < 1.29 is 10.2 Å². The number of aliphatic hydroxyl groups is 2. The van der Waals surface area contributed by atoms with Gasteiger partial charge in [-0.3, -0.25) is 0 Å². The third-order valence-electron chi connectivity index (χ3n) is 6.61. The second-order valence-electron chi connectivity index (χ2n) is 10.6. The molecule has 2 nitrogen and oxygen atoms in total. The van der Waals surface area contributed by atoms with Crippen LogP contribution in [0, 0.1) is 34.5 Å². The fourth-order valence-corrected chi connectivity index (χ4v) is 5.29. The highest BCUT2D eigenvalue weighted by Crippen LogP contribution is 2.44. The second kappa shape index (κ2) is 8.54. The molecule has 0 aliphatic heterocycles. The zero-order valence-corrected chi connectivity index (χ0v) is 17.6. The average Bonchev–Trinajstić information content (AvgIpc) is 2.40. The fourth-order valence-electron chi connectivity index (χ4n) is 5.29. The summed E-state index contributed by atoms with van der Waals surface area (Å²) in [4.78, 5) is 0. The van der Waals surface area contributed by atoms with E-state index in [-0.39, 0.29) is 12.2 Å². The molecule has 2 fully saturated rings. The van der Waals surface area contributed by atoms with E-state index in [2.05, 4.69) is 55.4 Å². The van der Waals surface area contributed by atoms with Crippen molar-refractivity contribution in [3.63, 3.8) is 0 Å². The quantitative estimate of drug-likeness (QED) is 0.681. The molecule has 0 bridgehead atoms. The van der Waals surface area contributed by atoms with Gasteiger partial charge in [0, 0.05) is 0 Å². The van der Waals surface area contributed by atoms with Crippen molar-refractivity contribution in [2.45, 2.75) is 106 Å². The van der Waals surface area contributed by atoms with Crippen molar-refractivity contribution in [1.82, 2.24) is 0 Å². The number of hydrogen-bond donors (Lipinski definition) is 2. The molecule has 2 aliphatic carbocycles. The topological polar surface area (TPSA) is 40.5 Å². The van der Waals surface area contributed by atoms with Gasteiger partial charge in [0.15, 0.2) is 0 Å². The lowest BCUT2D eigenvalue weighted by molar-refractivity contribution is -0.0334. The maximum atomic E-state index is 9.87. The van der Waals surface area contributed by atoms with Crippen molar-refractivity contribution in [1.29, 1.82) is 0 Å². The second-order valence-corrected chi connectivity index (χ2v) is 10.6. The highest BCUT2D eigenvalue weighted by atomic mass is 16.3. The standard InChI is InChI=1S/2C11H22O/c1-8(2)9-7-11(3,4)6-5-10(9)12;1-8(2)10-9(12)6-5-7-11(10,3)4/h2*8-10,12H,5-7H2,1-4H3. The first-order chi connectivity index (χ1) is 10.9. The summed E-state index contributed by atoms with van der Waals surface area (Å²) in [6.45, 7) is 18.1. The van der Waals surface area contributed by atoms with E-state index in [1.807, 2.05) is 0 Å². The van der Waals surface area contributed by atoms with Crippen LogP contribution < -0.4 is 0 Å². The van der Waals surface area contributed by atoms with Gasteiger partial charge >= 0.3 is 0 Å². The van der Waals surface area contributed by atoms with Gasteiger partial charge in [0.05, 0.1) is 12.2 Å². The Balaban J connectivity index is 0.000000240. The molecule has 2 aliphatic rings. The summed E-state index contributed by atoms with van der Waals surface area (Å²) in [7, 11) is 0. The largest absolute Gasteiger partial charge is 0.393 e. The zero-order chi connectivity index (χ0) is 18.7. The van der Waals surface area contributed by atoms with E-state index in [4.69, 9.17) is 0 Å². The van der Waals surface area contributed by atoms with E-state index in [9.17, 15) is 10.2 Å². The summed E-state index contributed by atoms with van der Waals surface area (Å²) in [5, 5.41) is 19.6. The smallest absolute Gasteiger partial charge is 0.0575 e. The predicted octanol–water partition coefficient (Wildman–Crippen LogP) is 5.66. The van der Waals surface area contributed by atoms with Crippen LogP contribution in [0.15, 0.2) is 0 Å². The summed E-state index contributed by atoms with van der Waals surface area (Å²) in [5.41, 5.74) is 0.792. The van der Waals surface area contributed by atoms with Gasteiger partial charge in [-0.15, -0.1) is 0 Å². The SMILES string of the molecule is CC(C)C1C(O)CCCC1(C)C.CC(C)C1CC(C)(C)CCC1O. The molecule has 0 amide bonds. The lowest BCUT2D eigenvalue weighted by atomic mass is 9.63. The molecule has 2 saturated carbocycles. The Bertz CT molecular complexity index is 370. The lowest BCUT2D eigenvalue weighted by Gasteiger charge is -2.44. The van der Waals surface area contributed by atoms with Crippen molar-refractivity contribution >= 4 is 0 Å². The highest BCUT2D eigenvalue weighted by Gasteiger charge is 2.39. The van der Waals surface area contributed by atoms with Crippen LogP contribution in [-0.4, -0.2) is 22.4 Å². The molecule has 4 atom stereocenters. The van der Waals surface area contributed by atoms with Crippen LogP contribution in [0.4, 0.5) is 0 Å². The van der Waals surface area contributed by atoms with Crippen molar-refractivity contribution in [3.05, 3.63) is 0 Å². The first-order valence-corrected chi connectivity index (χ1v) is 10.2. The number of aliphatic hydroxyl groups excluding tert-OH is 2. The Labute approximate surface area is 151 Å². The normalized spacial score (nSPS) is 35.5. The molecule has 144 valence electrons. The lowest BCUT2D eigenvalue weighted by Crippen LogP contribution is -2.41. The molecular formula is C22H44O2. The minimum Gasteiger partial charge on any atom is -0.393 e. The molecule has 2 heteroatoms. The highest BCUT2D eigenvalue weighted by molar-refractivity contribution is 4.89. The summed E-state index contributed by atoms with van der Waals surface area (Å²) in [6.07, 6.45) is 6.72. The van der Waals surface area contributed by atoms with E-state index in [1.165, 1.54) is 25.7 Å². The molecule has 0 spiro atoms. The van der Waals surface area contributed by atoms with Gasteiger partial charge in [0.2, 0.25) is 0 Å². The molecule has 2 rings (SSSR count). The third kappa shape index (κ3) is 6.02. The molecule has 2 N–H and O–H groups in total. The van der Waals surface area contributed by atoms with Gasteiger partial charge in [-0.25, -0.2) is 0 Å². The van der Waals surface area contributed by atoms with Crippen molar-refractivity contribution in [2.24, 2.45) is 34.5 Å². The Morgan fingerprint density at radius 3 is 1.75 bits per heavy atom. The Morgan fingerprint density at radius 1 is 0.792 bits per heavy atom. The predicted molar refractivity (Wildman–Crippen MR) is 104 cm³/mol. The molecule has 4 unspecified atom stereocenters. The summed E-state index contributed by atoms with van der Waals surface area (Å²) in [5.74, 6) is 2.25. The third-order valence-corrected chi connectivity index (χ3v) is 6.61. The van der Waals surface area contributed by atoms with E-state index in [1.54, 1.807) is 0 Å². The molecule has 0 radical (unpaired) electrons. The van der Waals surface area contributed by atoms with Crippen LogP contribution in [0.1, 0.15) is 93.9 Å². The first-order valence-electron chi connectivity index (χ1n) is 10.2. The van der Waals surface area contributed by atoms with Gasteiger partial charge < -0.3 is 10.2 Å². The zero-order valence-electron chi connectivity index (χ0n) is 17.6. The summed E-state index contributed by atoms with van der Waals surface area (Å²) < 4.78 is 0. The average molecular weight is 341 g/mol. The van der Waals surface area contributed by atoms with Crippen molar-refractivity contribution in [2.75, 3.05) is 0 Å². The molecule has 0 heterocycles. The fraction of sp³-hybridized carbons (Fsp3) is 1.00. The molecule has 0 aromatic carbocycles. The molecular weight excluding hydrogens is 296 g/mol. The van der Waals surface area contributed by atoms with Gasteiger partial charge in [0.1, 0.15) is 0 Å². The van der Waals surface area contributed by atoms with Crippen LogP contribution in [0.2, 0.25) is 0 Å². The Kier molecular flexibility index (Phi) is 7.81. The summed E-state index contributed by atoms with van der Waals surface area (Å²) >= 11 is 0. The first kappa shape index (κ1) is 22.0. The van der Waals surface area contributed by atoms with Crippen LogP contribution in [0.25, 0.3) is 0 Å². The van der Waals surface area contributed by atoms with E-state index < -0.39 is 0 Å². The van der Waals surface area contributed by atoms with Crippen LogP contribution >= 0.6 is 0 Å². The maximum Gasteiger partial charge on any atom is 0.0575 e. The minimum atomic E-state index is -0.0613.